The number of rotatable bonds is 3. The zero-order valence-corrected chi connectivity index (χ0v) is 16.8. The lowest BCUT2D eigenvalue weighted by Gasteiger charge is -2.66. The van der Waals surface area contributed by atoms with Crippen molar-refractivity contribution >= 4 is 24.7 Å². The number of quaternary nitrogens is 1. The van der Waals surface area contributed by atoms with Crippen LogP contribution in [0, 0.1) is 23.2 Å². The summed E-state index contributed by atoms with van der Waals surface area (Å²) in [6.07, 6.45) is 4.22. The summed E-state index contributed by atoms with van der Waals surface area (Å²) >= 11 is 0. The molecule has 6 heteroatoms. The van der Waals surface area contributed by atoms with Gasteiger partial charge in [-0.25, -0.2) is 0 Å². The van der Waals surface area contributed by atoms with E-state index in [9.17, 15) is 9.59 Å². The molecule has 3 aliphatic carbocycles. The second-order valence-corrected chi connectivity index (χ2v) is 9.92. The van der Waals surface area contributed by atoms with E-state index in [0.29, 0.717) is 27.6 Å². The van der Waals surface area contributed by atoms with Gasteiger partial charge in [0.25, 0.3) is 0 Å². The number of carbonyl (C=O) groups is 2. The van der Waals surface area contributed by atoms with E-state index in [1.54, 1.807) is 0 Å². The molecule has 28 heavy (non-hydrogen) atoms. The minimum Gasteiger partial charge on any atom is -0.596 e. The smallest absolute Gasteiger partial charge is 0.596 e. The van der Waals surface area contributed by atoms with Crippen LogP contribution in [0.1, 0.15) is 39.2 Å². The van der Waals surface area contributed by atoms with Crippen LogP contribution in [0.4, 0.5) is 0 Å². The molecule has 4 atom stereocenters. The second-order valence-electron chi connectivity index (χ2n) is 9.92. The first-order chi connectivity index (χ1) is 13.3. The standard InChI is InChI=1S/C22H28BNO4/c1-15-18-11-17(22(18,2)3)12-19(15)24-13-20(25)27-23(24,28-21(26)14-24)10-9-16-7-5-4-6-8-16/h4-10,15,17-19H,11-14H2,1-3H3/b10-9+/t15-,17+,18?,19?,23?,24?/m1/s1. The predicted molar refractivity (Wildman–Crippen MR) is 106 cm³/mol. The first kappa shape index (κ1) is 18.0. The lowest BCUT2D eigenvalue weighted by atomic mass is 9.43. The fourth-order valence-corrected chi connectivity index (χ4v) is 6.83. The summed E-state index contributed by atoms with van der Waals surface area (Å²) < 4.78 is 12.0. The third-order valence-corrected chi connectivity index (χ3v) is 8.47. The van der Waals surface area contributed by atoms with E-state index < -0.39 is 6.69 Å². The molecule has 2 saturated heterocycles. The fraction of sp³-hybridized carbons (Fsp3) is 0.545. The lowest BCUT2D eigenvalue weighted by Crippen LogP contribution is -2.73. The van der Waals surface area contributed by atoms with E-state index in [1.807, 2.05) is 42.4 Å². The van der Waals surface area contributed by atoms with Crippen LogP contribution in [0.2, 0.25) is 0 Å². The zero-order valence-electron chi connectivity index (χ0n) is 16.8. The van der Waals surface area contributed by atoms with Crippen molar-refractivity contribution in [1.29, 1.82) is 0 Å². The number of fused-ring (bicyclic) bond motifs is 4. The van der Waals surface area contributed by atoms with E-state index >= 15 is 0 Å². The zero-order chi connectivity index (χ0) is 19.7. The Morgan fingerprint density at radius 1 is 1.07 bits per heavy atom. The maximum atomic E-state index is 12.5. The number of hydrogen-bond acceptors (Lipinski definition) is 4. The van der Waals surface area contributed by atoms with Crippen LogP contribution in [0.15, 0.2) is 36.3 Å². The number of benzene rings is 1. The van der Waals surface area contributed by atoms with Crippen LogP contribution >= 0.6 is 0 Å². The minimum absolute atomic E-state index is 0.218. The van der Waals surface area contributed by atoms with Crippen molar-refractivity contribution in [2.45, 2.75) is 39.7 Å². The van der Waals surface area contributed by atoms with Crippen LogP contribution in [0.25, 0.3) is 6.08 Å². The molecule has 1 aromatic rings. The second kappa shape index (κ2) is 5.72. The molecule has 5 nitrogen and oxygen atoms in total. The summed E-state index contributed by atoms with van der Waals surface area (Å²) in [6, 6.07) is 10.1. The van der Waals surface area contributed by atoms with Crippen LogP contribution < -0.4 is 0 Å². The number of carbonyl (C=O) groups excluding carboxylic acids is 2. The van der Waals surface area contributed by atoms with Crippen molar-refractivity contribution in [3.63, 3.8) is 0 Å². The van der Waals surface area contributed by atoms with Crippen molar-refractivity contribution in [2.75, 3.05) is 13.1 Å². The average Bonchev–Trinajstić information content (AvgIpc) is 3.06. The van der Waals surface area contributed by atoms with Gasteiger partial charge in [-0.1, -0.05) is 63.2 Å². The van der Waals surface area contributed by atoms with Gasteiger partial charge >= 0.3 is 18.6 Å². The largest absolute Gasteiger partial charge is 0.608 e. The highest BCUT2D eigenvalue weighted by Crippen LogP contribution is 2.64. The highest BCUT2D eigenvalue weighted by Gasteiger charge is 2.71. The summed E-state index contributed by atoms with van der Waals surface area (Å²) in [5.74, 6) is 3.05. The van der Waals surface area contributed by atoms with E-state index in [0.717, 1.165) is 12.0 Å². The van der Waals surface area contributed by atoms with Gasteiger partial charge in [0.15, 0.2) is 0 Å². The summed E-state index contributed by atoms with van der Waals surface area (Å²) in [5.41, 5.74) is 1.35. The molecule has 1 aromatic carbocycles. The summed E-state index contributed by atoms with van der Waals surface area (Å²) in [6.45, 7) is 5.34. The SMILES string of the molecule is C[C@@H]1C2C[C@@H](CC1[N+]13CC(=O)O[B-]1(/C=C/c1ccccc1)OC(=O)C3)C2(C)C. The van der Waals surface area contributed by atoms with Gasteiger partial charge in [0.1, 0.15) is 13.1 Å². The molecule has 148 valence electrons. The molecule has 0 amide bonds. The molecule has 2 heterocycles. The molecule has 5 fully saturated rings. The van der Waals surface area contributed by atoms with Gasteiger partial charge in [-0.3, -0.25) is 9.59 Å². The van der Waals surface area contributed by atoms with Gasteiger partial charge in [0, 0.05) is 5.92 Å². The van der Waals surface area contributed by atoms with Crippen LogP contribution in [-0.4, -0.2) is 42.2 Å². The molecular weight excluding hydrogens is 353 g/mol. The highest BCUT2D eigenvalue weighted by atomic mass is 16.7. The van der Waals surface area contributed by atoms with E-state index in [-0.39, 0.29) is 31.1 Å². The lowest BCUT2D eigenvalue weighted by molar-refractivity contribution is -0.850. The van der Waals surface area contributed by atoms with Crippen molar-refractivity contribution in [3.05, 3.63) is 41.9 Å². The van der Waals surface area contributed by atoms with Gasteiger partial charge in [0.2, 0.25) is 0 Å². The van der Waals surface area contributed by atoms with Crippen molar-refractivity contribution in [2.24, 2.45) is 23.2 Å². The van der Waals surface area contributed by atoms with Crippen molar-refractivity contribution in [1.82, 2.24) is 0 Å². The Balaban J connectivity index is 1.55. The van der Waals surface area contributed by atoms with Crippen LogP contribution in [0.3, 0.4) is 0 Å². The summed E-state index contributed by atoms with van der Waals surface area (Å²) in [4.78, 5) is 25.0. The molecule has 3 saturated carbocycles. The van der Waals surface area contributed by atoms with Gasteiger partial charge in [-0.15, -0.1) is 0 Å². The van der Waals surface area contributed by atoms with Crippen molar-refractivity contribution in [3.8, 4) is 0 Å². The monoisotopic (exact) mass is 381 g/mol. The third kappa shape index (κ3) is 2.24. The van der Waals surface area contributed by atoms with E-state index in [4.69, 9.17) is 9.31 Å². The Kier molecular flexibility index (Phi) is 3.68. The third-order valence-electron chi connectivity index (χ3n) is 8.47. The number of nitrogens with zero attached hydrogens (tertiary/aromatic N) is 1. The molecular formula is C22H28BNO4. The van der Waals surface area contributed by atoms with Crippen LogP contribution in [0.5, 0.6) is 0 Å². The Bertz CT molecular complexity index is 845. The first-order valence-corrected chi connectivity index (χ1v) is 10.5. The average molecular weight is 381 g/mol. The topological polar surface area (TPSA) is 52.6 Å². The first-order valence-electron chi connectivity index (χ1n) is 10.5. The molecule has 5 aliphatic rings. The molecule has 0 N–H and O–H groups in total. The predicted octanol–water partition coefficient (Wildman–Crippen LogP) is 3.18. The Labute approximate surface area is 166 Å². The van der Waals surface area contributed by atoms with Gasteiger partial charge in [-0.2, -0.15) is 0 Å². The van der Waals surface area contributed by atoms with Crippen LogP contribution in [-0.2, 0) is 18.9 Å². The van der Waals surface area contributed by atoms with Gasteiger partial charge in [0.05, 0.1) is 6.04 Å². The molecule has 0 aromatic heterocycles. The Morgan fingerprint density at radius 2 is 1.71 bits per heavy atom. The fourth-order valence-electron chi connectivity index (χ4n) is 6.83. The summed E-state index contributed by atoms with van der Waals surface area (Å²) in [7, 11) is 0. The Hall–Kier alpha value is -2.08. The minimum atomic E-state index is -2.16. The normalized spacial score (nSPS) is 43.4. The number of hydrogen-bond donors (Lipinski definition) is 0. The molecule has 0 radical (unpaired) electrons. The van der Waals surface area contributed by atoms with Gasteiger partial charge < -0.3 is 13.7 Å². The highest BCUT2D eigenvalue weighted by molar-refractivity contribution is 6.71. The molecule has 2 bridgehead atoms. The maximum absolute atomic E-state index is 12.5. The molecule has 2 aliphatic heterocycles. The molecule has 6 rings (SSSR count). The Morgan fingerprint density at radius 3 is 2.29 bits per heavy atom. The van der Waals surface area contributed by atoms with Crippen molar-refractivity contribution < 1.29 is 23.3 Å². The van der Waals surface area contributed by atoms with E-state index in [2.05, 4.69) is 20.8 Å². The van der Waals surface area contributed by atoms with Gasteiger partial charge in [-0.05, 0) is 35.7 Å². The summed E-state index contributed by atoms with van der Waals surface area (Å²) in [5, 5.41) is 0. The van der Waals surface area contributed by atoms with E-state index in [1.165, 1.54) is 6.42 Å². The quantitative estimate of drug-likeness (QED) is 0.755. The maximum Gasteiger partial charge on any atom is 0.608 e. The molecule has 0 spiro atoms. The molecule has 2 unspecified atom stereocenters.